The maximum Gasteiger partial charge on any atom is 0.242 e. The Balaban J connectivity index is 1.51. The van der Waals surface area contributed by atoms with Crippen LogP contribution in [0, 0.1) is 11.7 Å². The lowest BCUT2D eigenvalue weighted by molar-refractivity contribution is -0.144. The third-order valence-corrected chi connectivity index (χ3v) is 7.20. The molecule has 6 heteroatoms. The standard InChI is InChI=1S/C31H38FN3O2/c1-2-19-34(31(37)27-12-7-4-8-13-27)24-30(36)35(22-25-10-5-3-6-11-25)23-29-14-9-20-33(29)21-26-15-17-28(32)18-16-26/h3,5-6,9-11,14-18,20,27H,2,4,7-8,12-13,19,21-24H2,1H3. The number of hydrogen-bond acceptors (Lipinski definition) is 2. The van der Waals surface area contributed by atoms with Gasteiger partial charge in [0.2, 0.25) is 11.8 Å². The number of halogens is 1. The van der Waals surface area contributed by atoms with Gasteiger partial charge in [-0.25, -0.2) is 4.39 Å². The van der Waals surface area contributed by atoms with E-state index in [0.717, 1.165) is 48.9 Å². The number of hydrogen-bond donors (Lipinski definition) is 0. The fourth-order valence-electron chi connectivity index (χ4n) is 5.17. The number of aromatic nitrogens is 1. The van der Waals surface area contributed by atoms with Crippen LogP contribution in [0.5, 0.6) is 0 Å². The lowest BCUT2D eigenvalue weighted by atomic mass is 9.88. The molecule has 196 valence electrons. The highest BCUT2D eigenvalue weighted by molar-refractivity contribution is 5.86. The minimum Gasteiger partial charge on any atom is -0.345 e. The van der Waals surface area contributed by atoms with E-state index in [4.69, 9.17) is 0 Å². The second-order valence-electron chi connectivity index (χ2n) is 10.1. The number of nitrogens with zero attached hydrogens (tertiary/aromatic N) is 3. The second kappa shape index (κ2) is 13.2. The molecule has 37 heavy (non-hydrogen) atoms. The van der Waals surface area contributed by atoms with Gasteiger partial charge in [0, 0.05) is 37.4 Å². The molecule has 0 bridgehead atoms. The van der Waals surface area contributed by atoms with Crippen molar-refractivity contribution in [3.63, 3.8) is 0 Å². The first-order valence-corrected chi connectivity index (χ1v) is 13.5. The summed E-state index contributed by atoms with van der Waals surface area (Å²) in [5, 5.41) is 0. The number of amides is 2. The molecule has 1 saturated carbocycles. The van der Waals surface area contributed by atoms with Gasteiger partial charge in [0.1, 0.15) is 5.82 Å². The monoisotopic (exact) mass is 503 g/mol. The molecule has 5 nitrogen and oxygen atoms in total. The summed E-state index contributed by atoms with van der Waals surface area (Å²) in [6.07, 6.45) is 8.05. The minimum atomic E-state index is -0.254. The van der Waals surface area contributed by atoms with Crippen LogP contribution < -0.4 is 0 Å². The lowest BCUT2D eigenvalue weighted by Gasteiger charge is -2.31. The van der Waals surface area contributed by atoms with E-state index in [1.807, 2.05) is 53.6 Å². The van der Waals surface area contributed by atoms with Crippen LogP contribution in [0.1, 0.15) is 62.3 Å². The van der Waals surface area contributed by atoms with E-state index in [2.05, 4.69) is 11.5 Å². The van der Waals surface area contributed by atoms with Crippen molar-refractivity contribution in [2.24, 2.45) is 5.92 Å². The number of carbonyl (C=O) groups excluding carboxylic acids is 2. The topological polar surface area (TPSA) is 45.6 Å². The molecule has 4 rings (SSSR count). The van der Waals surface area contributed by atoms with Crippen molar-refractivity contribution in [1.82, 2.24) is 14.4 Å². The Morgan fingerprint density at radius 3 is 2.30 bits per heavy atom. The summed E-state index contributed by atoms with van der Waals surface area (Å²) in [4.78, 5) is 30.7. The zero-order chi connectivity index (χ0) is 26.0. The molecule has 1 aliphatic carbocycles. The Morgan fingerprint density at radius 2 is 1.59 bits per heavy atom. The van der Waals surface area contributed by atoms with Gasteiger partial charge in [0.15, 0.2) is 0 Å². The highest BCUT2D eigenvalue weighted by Crippen LogP contribution is 2.26. The molecule has 2 aromatic carbocycles. The van der Waals surface area contributed by atoms with Crippen LogP contribution >= 0.6 is 0 Å². The van der Waals surface area contributed by atoms with Gasteiger partial charge < -0.3 is 14.4 Å². The van der Waals surface area contributed by atoms with Crippen LogP contribution in [-0.2, 0) is 29.2 Å². The molecular weight excluding hydrogens is 465 g/mol. The largest absolute Gasteiger partial charge is 0.345 e. The predicted octanol–water partition coefficient (Wildman–Crippen LogP) is 6.02. The molecule has 2 amide bonds. The first-order chi connectivity index (χ1) is 18.0. The van der Waals surface area contributed by atoms with Crippen LogP contribution in [-0.4, -0.2) is 39.3 Å². The molecule has 0 spiro atoms. The summed E-state index contributed by atoms with van der Waals surface area (Å²) in [5.74, 6) is -0.121. The summed E-state index contributed by atoms with van der Waals surface area (Å²) in [7, 11) is 0. The predicted molar refractivity (Wildman–Crippen MR) is 144 cm³/mol. The maximum absolute atomic E-state index is 13.7. The van der Waals surface area contributed by atoms with E-state index in [-0.39, 0.29) is 30.1 Å². The average Bonchev–Trinajstić information content (AvgIpc) is 3.36. The van der Waals surface area contributed by atoms with E-state index in [1.165, 1.54) is 18.6 Å². The van der Waals surface area contributed by atoms with Crippen molar-refractivity contribution in [3.05, 3.63) is 95.6 Å². The molecule has 0 N–H and O–H groups in total. The van der Waals surface area contributed by atoms with E-state index < -0.39 is 0 Å². The molecule has 1 heterocycles. The van der Waals surface area contributed by atoms with Gasteiger partial charge in [-0.1, -0.05) is 68.7 Å². The molecule has 0 saturated heterocycles. The van der Waals surface area contributed by atoms with Crippen LogP contribution in [0.4, 0.5) is 4.39 Å². The Hall–Kier alpha value is -3.41. The summed E-state index contributed by atoms with van der Waals surface area (Å²) in [6.45, 7) is 4.25. The fraction of sp³-hybridized carbons (Fsp3) is 0.419. The molecule has 0 aliphatic heterocycles. The molecule has 1 aliphatic rings. The third-order valence-electron chi connectivity index (χ3n) is 7.20. The van der Waals surface area contributed by atoms with Gasteiger partial charge in [-0.05, 0) is 54.7 Å². The Bertz CT molecular complexity index is 1140. The van der Waals surface area contributed by atoms with Gasteiger partial charge in [-0.15, -0.1) is 0 Å². The number of rotatable bonds is 11. The van der Waals surface area contributed by atoms with Gasteiger partial charge >= 0.3 is 0 Å². The minimum absolute atomic E-state index is 0.0450. The first kappa shape index (κ1) is 26.6. The summed E-state index contributed by atoms with van der Waals surface area (Å²) in [6, 6.07) is 20.5. The molecule has 0 radical (unpaired) electrons. The SMILES string of the molecule is CCCN(CC(=O)N(Cc1ccccc1)Cc1cccn1Cc1ccc(F)cc1)C(=O)C1CCCCC1. The highest BCUT2D eigenvalue weighted by atomic mass is 19.1. The van der Waals surface area contributed by atoms with Gasteiger partial charge in [-0.2, -0.15) is 0 Å². The lowest BCUT2D eigenvalue weighted by Crippen LogP contribution is -2.45. The smallest absolute Gasteiger partial charge is 0.242 e. The normalized spacial score (nSPS) is 13.9. The zero-order valence-electron chi connectivity index (χ0n) is 21.8. The molecule has 0 atom stereocenters. The summed E-state index contributed by atoms with van der Waals surface area (Å²) < 4.78 is 15.5. The summed E-state index contributed by atoms with van der Waals surface area (Å²) >= 11 is 0. The van der Waals surface area contributed by atoms with E-state index in [0.29, 0.717) is 26.2 Å². The van der Waals surface area contributed by atoms with Crippen molar-refractivity contribution >= 4 is 11.8 Å². The second-order valence-corrected chi connectivity index (χ2v) is 10.1. The fourth-order valence-corrected chi connectivity index (χ4v) is 5.17. The highest BCUT2D eigenvalue weighted by Gasteiger charge is 2.28. The maximum atomic E-state index is 13.7. The van der Waals surface area contributed by atoms with Crippen LogP contribution in [0.3, 0.4) is 0 Å². The molecule has 1 fully saturated rings. The average molecular weight is 504 g/mol. The number of benzene rings is 2. The van der Waals surface area contributed by atoms with Crippen molar-refractivity contribution in [1.29, 1.82) is 0 Å². The Kier molecular flexibility index (Phi) is 9.52. The van der Waals surface area contributed by atoms with Crippen LogP contribution in [0.15, 0.2) is 72.9 Å². The van der Waals surface area contributed by atoms with Crippen molar-refractivity contribution in [2.45, 2.75) is 65.1 Å². The molecule has 0 unspecified atom stereocenters. The van der Waals surface area contributed by atoms with Crippen molar-refractivity contribution in [2.75, 3.05) is 13.1 Å². The van der Waals surface area contributed by atoms with Crippen LogP contribution in [0.25, 0.3) is 0 Å². The van der Waals surface area contributed by atoms with Crippen molar-refractivity contribution < 1.29 is 14.0 Å². The van der Waals surface area contributed by atoms with Crippen molar-refractivity contribution in [3.8, 4) is 0 Å². The quantitative estimate of drug-likeness (QED) is 0.321. The molecular formula is C31H38FN3O2. The molecule has 1 aromatic heterocycles. The van der Waals surface area contributed by atoms with E-state index in [9.17, 15) is 14.0 Å². The number of carbonyl (C=O) groups is 2. The Labute approximate surface area is 219 Å². The van der Waals surface area contributed by atoms with Gasteiger partial charge in [-0.3, -0.25) is 9.59 Å². The first-order valence-electron chi connectivity index (χ1n) is 13.5. The summed E-state index contributed by atoms with van der Waals surface area (Å²) in [5.41, 5.74) is 3.04. The van der Waals surface area contributed by atoms with E-state index in [1.54, 1.807) is 17.0 Å². The van der Waals surface area contributed by atoms with E-state index >= 15 is 0 Å². The van der Waals surface area contributed by atoms with Crippen LogP contribution in [0.2, 0.25) is 0 Å². The zero-order valence-corrected chi connectivity index (χ0v) is 21.8. The van der Waals surface area contributed by atoms with Gasteiger partial charge in [0.05, 0.1) is 13.1 Å². The Morgan fingerprint density at radius 1 is 0.865 bits per heavy atom. The molecule has 3 aromatic rings. The third kappa shape index (κ3) is 7.54. The van der Waals surface area contributed by atoms with Gasteiger partial charge in [0.25, 0.3) is 0 Å².